The van der Waals surface area contributed by atoms with Gasteiger partial charge in [0.2, 0.25) is 5.91 Å². The molecule has 0 bridgehead atoms. The Morgan fingerprint density at radius 1 is 1.41 bits per heavy atom. The van der Waals surface area contributed by atoms with E-state index in [0.717, 1.165) is 19.4 Å². The first-order valence-electron chi connectivity index (χ1n) is 9.38. The van der Waals surface area contributed by atoms with Crippen molar-refractivity contribution in [3.63, 3.8) is 0 Å². The Morgan fingerprint density at radius 3 is 3.07 bits per heavy atom. The van der Waals surface area contributed by atoms with E-state index in [9.17, 15) is 9.59 Å². The van der Waals surface area contributed by atoms with Crippen molar-refractivity contribution in [2.75, 3.05) is 19.6 Å². The molecule has 0 aliphatic carbocycles. The minimum Gasteiger partial charge on any atom is -0.483 e. The molecule has 0 radical (unpaired) electrons. The van der Waals surface area contributed by atoms with Gasteiger partial charge in [-0.3, -0.25) is 9.59 Å². The number of imidazole rings is 1. The van der Waals surface area contributed by atoms with E-state index in [0.29, 0.717) is 30.8 Å². The van der Waals surface area contributed by atoms with Crippen LogP contribution in [0.2, 0.25) is 0 Å². The molecule has 2 aromatic rings. The minimum atomic E-state index is -0.575. The third-order valence-corrected chi connectivity index (χ3v) is 5.43. The van der Waals surface area contributed by atoms with Crippen molar-refractivity contribution in [2.24, 2.45) is 0 Å². The average Bonchev–Trinajstić information content (AvgIpc) is 3.18. The normalized spacial score (nSPS) is 23.1. The molecule has 7 nitrogen and oxygen atoms in total. The zero-order valence-corrected chi connectivity index (χ0v) is 15.4. The fourth-order valence-corrected chi connectivity index (χ4v) is 3.91. The van der Waals surface area contributed by atoms with Crippen molar-refractivity contribution in [1.29, 1.82) is 0 Å². The summed E-state index contributed by atoms with van der Waals surface area (Å²) in [5.41, 5.74) is -0.0272. The van der Waals surface area contributed by atoms with Gasteiger partial charge in [-0.1, -0.05) is 12.1 Å². The first kappa shape index (κ1) is 17.6. The lowest BCUT2D eigenvalue weighted by Crippen LogP contribution is -2.58. The highest BCUT2D eigenvalue weighted by Crippen LogP contribution is 2.32. The van der Waals surface area contributed by atoms with E-state index in [-0.39, 0.29) is 17.9 Å². The van der Waals surface area contributed by atoms with E-state index < -0.39 is 5.60 Å². The van der Waals surface area contributed by atoms with E-state index in [1.165, 1.54) is 0 Å². The van der Waals surface area contributed by atoms with Crippen LogP contribution in [0.4, 0.5) is 0 Å². The van der Waals surface area contributed by atoms with Gasteiger partial charge in [-0.25, -0.2) is 4.98 Å². The van der Waals surface area contributed by atoms with Crippen molar-refractivity contribution < 1.29 is 14.3 Å². The molecule has 1 N–H and O–H groups in total. The summed E-state index contributed by atoms with van der Waals surface area (Å²) in [5.74, 6) is 0.566. The Hall–Kier alpha value is -2.83. The quantitative estimate of drug-likeness (QED) is 0.899. The van der Waals surface area contributed by atoms with Gasteiger partial charge < -0.3 is 19.5 Å². The number of rotatable bonds is 3. The Kier molecular flexibility index (Phi) is 4.59. The van der Waals surface area contributed by atoms with Crippen LogP contribution in [0.25, 0.3) is 0 Å². The number of nitrogens with zero attached hydrogens (tertiary/aromatic N) is 3. The van der Waals surface area contributed by atoms with Crippen LogP contribution in [0.1, 0.15) is 42.6 Å². The van der Waals surface area contributed by atoms with Crippen LogP contribution in [0, 0.1) is 0 Å². The van der Waals surface area contributed by atoms with Crippen LogP contribution in [0.15, 0.2) is 43.0 Å². The molecule has 1 aromatic carbocycles. The molecule has 0 saturated carbocycles. The Balaban J connectivity index is 1.49. The maximum absolute atomic E-state index is 12.9. The maximum atomic E-state index is 12.9. The highest BCUT2D eigenvalue weighted by molar-refractivity contribution is 5.97. The first-order valence-corrected chi connectivity index (χ1v) is 9.38. The van der Waals surface area contributed by atoms with Crippen LogP contribution in [0.5, 0.6) is 5.75 Å². The van der Waals surface area contributed by atoms with E-state index >= 15 is 0 Å². The number of piperidine rings is 1. The maximum Gasteiger partial charge on any atom is 0.255 e. The molecular formula is C20H24N4O3. The third kappa shape index (κ3) is 3.54. The molecule has 1 saturated heterocycles. The fraction of sp³-hybridized carbons (Fsp3) is 0.450. The summed E-state index contributed by atoms with van der Waals surface area (Å²) in [6.07, 6.45) is 7.39. The number of likely N-dealkylation sites (tertiary alicyclic amines) is 1. The van der Waals surface area contributed by atoms with E-state index in [2.05, 4.69) is 10.3 Å². The standard InChI is InChI=1S/C20H24N4O3/c1-15(24-10-8-21-14-24)11-18(25)23-9-4-7-20(13-23)12-22-19(26)16-5-2-3-6-17(16)27-20/h2-3,5-6,8,10,14-15H,4,7,9,11-13H2,1H3,(H,22,26). The Morgan fingerprint density at radius 2 is 2.26 bits per heavy atom. The largest absolute Gasteiger partial charge is 0.483 e. The number of nitrogens with one attached hydrogen (secondary N) is 1. The smallest absolute Gasteiger partial charge is 0.255 e. The minimum absolute atomic E-state index is 0.0494. The second-order valence-corrected chi connectivity index (χ2v) is 7.45. The molecule has 142 valence electrons. The van der Waals surface area contributed by atoms with Crippen LogP contribution < -0.4 is 10.1 Å². The molecule has 2 atom stereocenters. The number of fused-ring (bicyclic) bond motifs is 1. The molecule has 27 heavy (non-hydrogen) atoms. The van der Waals surface area contributed by atoms with Crippen molar-refractivity contribution >= 4 is 11.8 Å². The summed E-state index contributed by atoms with van der Waals surface area (Å²) >= 11 is 0. The first-order chi connectivity index (χ1) is 13.1. The number of benzene rings is 1. The molecule has 1 fully saturated rings. The summed E-state index contributed by atoms with van der Waals surface area (Å²) < 4.78 is 8.26. The fourth-order valence-electron chi connectivity index (χ4n) is 3.91. The van der Waals surface area contributed by atoms with Crippen LogP contribution >= 0.6 is 0 Å². The molecule has 7 heteroatoms. The van der Waals surface area contributed by atoms with Gasteiger partial charge in [0.25, 0.3) is 5.91 Å². The molecule has 1 spiro atoms. The molecule has 4 rings (SSSR count). The van der Waals surface area contributed by atoms with Gasteiger partial charge >= 0.3 is 0 Å². The van der Waals surface area contributed by atoms with Gasteiger partial charge in [-0.05, 0) is 31.9 Å². The van der Waals surface area contributed by atoms with Crippen LogP contribution in [-0.2, 0) is 4.79 Å². The molecular weight excluding hydrogens is 344 g/mol. The number of amides is 2. The van der Waals surface area contributed by atoms with E-state index in [1.807, 2.05) is 40.8 Å². The van der Waals surface area contributed by atoms with Gasteiger partial charge in [0.15, 0.2) is 0 Å². The predicted octanol–water partition coefficient (Wildman–Crippen LogP) is 2.02. The Bertz CT molecular complexity index is 836. The lowest BCUT2D eigenvalue weighted by Gasteiger charge is -2.42. The summed E-state index contributed by atoms with van der Waals surface area (Å²) in [4.78, 5) is 31.1. The zero-order chi connectivity index (χ0) is 18.9. The van der Waals surface area contributed by atoms with Crippen molar-refractivity contribution in [3.05, 3.63) is 48.5 Å². The number of aromatic nitrogens is 2. The molecule has 2 unspecified atom stereocenters. The van der Waals surface area contributed by atoms with Gasteiger partial charge in [0, 0.05) is 31.4 Å². The number of ether oxygens (including phenoxy) is 1. The zero-order valence-electron chi connectivity index (χ0n) is 15.4. The lowest BCUT2D eigenvalue weighted by molar-refractivity contribution is -0.137. The highest BCUT2D eigenvalue weighted by atomic mass is 16.5. The Labute approximate surface area is 158 Å². The highest BCUT2D eigenvalue weighted by Gasteiger charge is 2.42. The summed E-state index contributed by atoms with van der Waals surface area (Å²) in [5, 5.41) is 2.97. The van der Waals surface area contributed by atoms with Gasteiger partial charge in [-0.2, -0.15) is 0 Å². The number of para-hydroxylation sites is 1. The van der Waals surface area contributed by atoms with Gasteiger partial charge in [0.1, 0.15) is 11.4 Å². The van der Waals surface area contributed by atoms with Gasteiger partial charge in [-0.15, -0.1) is 0 Å². The summed E-state index contributed by atoms with van der Waals surface area (Å²) in [6, 6.07) is 7.33. The monoisotopic (exact) mass is 368 g/mol. The molecule has 3 heterocycles. The van der Waals surface area contributed by atoms with Crippen LogP contribution in [0.3, 0.4) is 0 Å². The van der Waals surface area contributed by atoms with Crippen LogP contribution in [-0.4, -0.2) is 51.5 Å². The third-order valence-electron chi connectivity index (χ3n) is 5.43. The number of hydrogen-bond acceptors (Lipinski definition) is 4. The lowest BCUT2D eigenvalue weighted by atomic mass is 9.92. The number of carbonyl (C=O) groups is 2. The van der Waals surface area contributed by atoms with E-state index in [1.54, 1.807) is 18.6 Å². The average molecular weight is 368 g/mol. The summed E-state index contributed by atoms with van der Waals surface area (Å²) in [7, 11) is 0. The van der Waals surface area contributed by atoms with Crippen molar-refractivity contribution in [1.82, 2.24) is 19.8 Å². The second-order valence-electron chi connectivity index (χ2n) is 7.45. The topological polar surface area (TPSA) is 76.5 Å². The molecule has 1 aromatic heterocycles. The van der Waals surface area contributed by atoms with Crippen molar-refractivity contribution in [3.8, 4) is 5.75 Å². The SMILES string of the molecule is CC(CC(=O)N1CCCC2(CNC(=O)c3ccccc3O2)C1)n1ccnc1. The summed E-state index contributed by atoms with van der Waals surface area (Å²) in [6.45, 7) is 3.62. The molecule has 2 aliphatic heterocycles. The number of carbonyl (C=O) groups excluding carboxylic acids is 2. The predicted molar refractivity (Wildman–Crippen MR) is 99.5 cm³/mol. The second kappa shape index (κ2) is 7.06. The van der Waals surface area contributed by atoms with E-state index in [4.69, 9.17) is 4.74 Å². The molecule has 2 amide bonds. The number of hydrogen-bond donors (Lipinski definition) is 1. The van der Waals surface area contributed by atoms with Crippen molar-refractivity contribution in [2.45, 2.75) is 37.8 Å². The molecule has 2 aliphatic rings. The van der Waals surface area contributed by atoms with Gasteiger partial charge in [0.05, 0.1) is 25.0 Å².